The van der Waals surface area contributed by atoms with E-state index in [0.717, 1.165) is 81.9 Å². The minimum atomic E-state index is 0. The van der Waals surface area contributed by atoms with Crippen molar-refractivity contribution >= 4 is 29.9 Å². The maximum absolute atomic E-state index is 5.44. The van der Waals surface area contributed by atoms with Crippen LogP contribution in [0.3, 0.4) is 0 Å². The number of morpholine rings is 1. The monoisotopic (exact) mass is 519 g/mol. The van der Waals surface area contributed by atoms with E-state index in [0.29, 0.717) is 6.54 Å². The largest absolute Gasteiger partial charge is 0.379 e. The van der Waals surface area contributed by atoms with E-state index in [4.69, 9.17) is 9.73 Å². The van der Waals surface area contributed by atoms with Gasteiger partial charge in [-0.05, 0) is 31.6 Å². The molecule has 8 nitrogen and oxygen atoms in total. The van der Waals surface area contributed by atoms with Gasteiger partial charge in [-0.2, -0.15) is 0 Å². The van der Waals surface area contributed by atoms with Crippen molar-refractivity contribution in [3.05, 3.63) is 11.6 Å². The van der Waals surface area contributed by atoms with Crippen LogP contribution >= 0.6 is 24.0 Å². The molecule has 0 amide bonds. The Morgan fingerprint density at radius 2 is 2.00 bits per heavy atom. The van der Waals surface area contributed by atoms with Gasteiger partial charge in [0.05, 0.1) is 13.2 Å². The van der Waals surface area contributed by atoms with Crippen LogP contribution < -0.4 is 5.32 Å². The standard InChI is InChI=1S/C20H37N7O.HI/c1-16(2)13-18-5-7-27(15-18)20(21-6-8-26-9-11-28-12-10-26)22-14-19-24-23-17(3)25(19)4;/h16,18H,5-15H2,1-4H3,(H,21,22);1H. The Morgan fingerprint density at radius 1 is 1.24 bits per heavy atom. The molecule has 3 heterocycles. The van der Waals surface area contributed by atoms with Gasteiger partial charge in [0.2, 0.25) is 0 Å². The zero-order valence-corrected chi connectivity index (χ0v) is 20.8. The van der Waals surface area contributed by atoms with Crippen molar-refractivity contribution in [2.75, 3.05) is 52.5 Å². The predicted octanol–water partition coefficient (Wildman–Crippen LogP) is 1.89. The highest BCUT2D eigenvalue weighted by Gasteiger charge is 2.25. The average Bonchev–Trinajstić information content (AvgIpc) is 3.26. The van der Waals surface area contributed by atoms with Gasteiger partial charge in [0.1, 0.15) is 12.4 Å². The highest BCUT2D eigenvalue weighted by molar-refractivity contribution is 14.0. The van der Waals surface area contributed by atoms with Crippen LogP contribution in [0.4, 0.5) is 0 Å². The van der Waals surface area contributed by atoms with Crippen molar-refractivity contribution in [2.45, 2.75) is 40.2 Å². The molecular formula is C20H38IN7O. The Bertz CT molecular complexity index is 643. The molecule has 1 unspecified atom stereocenters. The Balaban J connectivity index is 0.00000300. The molecule has 3 rings (SSSR count). The fourth-order valence-corrected chi connectivity index (χ4v) is 4.04. The number of ether oxygens (including phenoxy) is 1. The summed E-state index contributed by atoms with van der Waals surface area (Å²) < 4.78 is 7.46. The van der Waals surface area contributed by atoms with E-state index in [-0.39, 0.29) is 24.0 Å². The molecule has 2 aliphatic heterocycles. The van der Waals surface area contributed by atoms with Crippen molar-refractivity contribution in [3.8, 4) is 0 Å². The lowest BCUT2D eigenvalue weighted by Crippen LogP contribution is -2.45. The lowest BCUT2D eigenvalue weighted by molar-refractivity contribution is 0.0388. The Labute approximate surface area is 192 Å². The van der Waals surface area contributed by atoms with E-state index in [1.54, 1.807) is 0 Å². The van der Waals surface area contributed by atoms with Crippen molar-refractivity contribution in [1.29, 1.82) is 0 Å². The summed E-state index contributed by atoms with van der Waals surface area (Å²) in [7, 11) is 2.00. The van der Waals surface area contributed by atoms with Crippen LogP contribution in [-0.2, 0) is 18.3 Å². The predicted molar refractivity (Wildman–Crippen MR) is 127 cm³/mol. The Kier molecular flexibility index (Phi) is 10.1. The Hall–Kier alpha value is -0.940. The molecule has 2 fully saturated rings. The van der Waals surface area contributed by atoms with Gasteiger partial charge in [0, 0.05) is 46.3 Å². The lowest BCUT2D eigenvalue weighted by Gasteiger charge is -2.28. The molecule has 1 atom stereocenters. The summed E-state index contributed by atoms with van der Waals surface area (Å²) in [5.74, 6) is 4.36. The van der Waals surface area contributed by atoms with Crippen molar-refractivity contribution < 1.29 is 4.74 Å². The molecule has 0 aliphatic carbocycles. The molecule has 29 heavy (non-hydrogen) atoms. The molecule has 1 aromatic heterocycles. The fourth-order valence-electron chi connectivity index (χ4n) is 4.04. The average molecular weight is 519 g/mol. The number of hydrogen-bond acceptors (Lipinski definition) is 5. The van der Waals surface area contributed by atoms with E-state index in [1.165, 1.54) is 12.8 Å². The normalized spacial score (nSPS) is 20.9. The third-order valence-corrected chi connectivity index (χ3v) is 5.76. The lowest BCUT2D eigenvalue weighted by atomic mass is 9.97. The molecule has 166 valence electrons. The molecular weight excluding hydrogens is 481 g/mol. The van der Waals surface area contributed by atoms with Gasteiger partial charge in [0.25, 0.3) is 0 Å². The summed E-state index contributed by atoms with van der Waals surface area (Å²) in [4.78, 5) is 9.79. The van der Waals surface area contributed by atoms with E-state index in [9.17, 15) is 0 Å². The van der Waals surface area contributed by atoms with Crippen LogP contribution in [0, 0.1) is 18.8 Å². The number of aliphatic imine (C=N–C) groups is 1. The van der Waals surface area contributed by atoms with E-state index in [1.807, 2.05) is 18.5 Å². The highest BCUT2D eigenvalue weighted by Crippen LogP contribution is 2.23. The summed E-state index contributed by atoms with van der Waals surface area (Å²) in [6.45, 7) is 15.0. The zero-order chi connectivity index (χ0) is 19.9. The number of nitrogens with zero attached hydrogens (tertiary/aromatic N) is 6. The maximum Gasteiger partial charge on any atom is 0.194 e. The van der Waals surface area contributed by atoms with Gasteiger partial charge < -0.3 is 19.5 Å². The third-order valence-electron chi connectivity index (χ3n) is 5.76. The number of guanidine groups is 1. The SMILES string of the molecule is Cc1nnc(CN=C(NCCN2CCOCC2)N2CCC(CC(C)C)C2)n1C.I. The minimum absolute atomic E-state index is 0. The second-order valence-corrected chi connectivity index (χ2v) is 8.47. The first-order valence-corrected chi connectivity index (χ1v) is 10.7. The Morgan fingerprint density at radius 3 is 2.66 bits per heavy atom. The van der Waals surface area contributed by atoms with Crippen LogP contribution in [0.5, 0.6) is 0 Å². The summed E-state index contributed by atoms with van der Waals surface area (Å²) in [6, 6.07) is 0. The number of likely N-dealkylation sites (tertiary alicyclic amines) is 1. The summed E-state index contributed by atoms with van der Waals surface area (Å²) in [6.07, 6.45) is 2.55. The molecule has 0 bridgehead atoms. The van der Waals surface area contributed by atoms with E-state index >= 15 is 0 Å². The number of hydrogen-bond donors (Lipinski definition) is 1. The van der Waals surface area contributed by atoms with Gasteiger partial charge >= 0.3 is 0 Å². The topological polar surface area (TPSA) is 70.8 Å². The third kappa shape index (κ3) is 7.36. The van der Waals surface area contributed by atoms with Gasteiger partial charge in [-0.1, -0.05) is 13.8 Å². The van der Waals surface area contributed by atoms with Crippen LogP contribution in [-0.4, -0.2) is 83.0 Å². The summed E-state index contributed by atoms with van der Waals surface area (Å²) in [5, 5.41) is 12.0. The van der Waals surface area contributed by atoms with Gasteiger partial charge in [-0.25, -0.2) is 4.99 Å². The molecule has 0 aromatic carbocycles. The molecule has 1 aromatic rings. The first-order valence-electron chi connectivity index (χ1n) is 10.7. The van der Waals surface area contributed by atoms with Crippen LogP contribution in [0.15, 0.2) is 4.99 Å². The van der Waals surface area contributed by atoms with Gasteiger partial charge in [0.15, 0.2) is 11.8 Å². The second kappa shape index (κ2) is 12.0. The number of aromatic nitrogens is 3. The van der Waals surface area contributed by atoms with Crippen LogP contribution in [0.2, 0.25) is 0 Å². The van der Waals surface area contributed by atoms with Crippen LogP contribution in [0.1, 0.15) is 38.3 Å². The first-order chi connectivity index (χ1) is 13.5. The smallest absolute Gasteiger partial charge is 0.194 e. The van der Waals surface area contributed by atoms with Crippen molar-refractivity contribution in [2.24, 2.45) is 23.9 Å². The van der Waals surface area contributed by atoms with Gasteiger partial charge in [-0.3, -0.25) is 4.90 Å². The summed E-state index contributed by atoms with van der Waals surface area (Å²) >= 11 is 0. The molecule has 2 saturated heterocycles. The van der Waals surface area contributed by atoms with Crippen molar-refractivity contribution in [1.82, 2.24) is 29.9 Å². The number of nitrogens with one attached hydrogen (secondary N) is 1. The minimum Gasteiger partial charge on any atom is -0.379 e. The molecule has 0 saturated carbocycles. The zero-order valence-electron chi connectivity index (χ0n) is 18.4. The molecule has 2 aliphatic rings. The second-order valence-electron chi connectivity index (χ2n) is 8.47. The molecule has 9 heteroatoms. The summed E-state index contributed by atoms with van der Waals surface area (Å²) in [5.41, 5.74) is 0. The van der Waals surface area contributed by atoms with Gasteiger partial charge in [-0.15, -0.1) is 34.2 Å². The molecule has 1 N–H and O–H groups in total. The number of aryl methyl sites for hydroxylation is 1. The van der Waals surface area contributed by atoms with E-state index < -0.39 is 0 Å². The molecule has 0 spiro atoms. The fraction of sp³-hybridized carbons (Fsp3) is 0.850. The van der Waals surface area contributed by atoms with Crippen molar-refractivity contribution in [3.63, 3.8) is 0 Å². The number of rotatable bonds is 7. The first kappa shape index (κ1) is 24.3. The number of halogens is 1. The maximum atomic E-state index is 5.44. The quantitative estimate of drug-likeness (QED) is 0.337. The van der Waals surface area contributed by atoms with Crippen LogP contribution in [0.25, 0.3) is 0 Å². The highest BCUT2D eigenvalue weighted by atomic mass is 127. The molecule has 0 radical (unpaired) electrons. The van der Waals surface area contributed by atoms with E-state index in [2.05, 4.69) is 39.2 Å².